The summed E-state index contributed by atoms with van der Waals surface area (Å²) >= 11 is 0. The highest BCUT2D eigenvalue weighted by atomic mass is 16.2. The molecule has 0 saturated carbocycles. The van der Waals surface area contributed by atoms with E-state index in [2.05, 4.69) is 15.7 Å². The van der Waals surface area contributed by atoms with Gasteiger partial charge in [0.2, 0.25) is 0 Å². The molecule has 1 unspecified atom stereocenters. The van der Waals surface area contributed by atoms with E-state index < -0.39 is 0 Å². The van der Waals surface area contributed by atoms with Crippen molar-refractivity contribution in [2.75, 3.05) is 13.6 Å². The minimum Gasteiger partial charge on any atom is -0.354 e. The normalized spacial score (nSPS) is 11.4. The van der Waals surface area contributed by atoms with Crippen LogP contribution in [0.1, 0.15) is 45.9 Å². The Morgan fingerprint density at radius 1 is 1.29 bits per heavy atom. The van der Waals surface area contributed by atoms with E-state index in [0.29, 0.717) is 0 Å². The van der Waals surface area contributed by atoms with Crippen LogP contribution in [0.3, 0.4) is 0 Å². The molecule has 0 bridgehead atoms. The molecule has 2 rings (SSSR count). The first-order chi connectivity index (χ1) is 11.6. The maximum absolute atomic E-state index is 12.4. The second-order valence-electron chi connectivity index (χ2n) is 5.19. The van der Waals surface area contributed by atoms with Crippen molar-refractivity contribution in [2.24, 2.45) is 0 Å². The Morgan fingerprint density at radius 3 is 2.62 bits per heavy atom. The SMILES string of the molecule is CNC(=O)c1cc(C(=O)NCCC#N)n(C(C)c2ccccc2)n1. The maximum atomic E-state index is 12.4. The number of nitrogens with one attached hydrogen (secondary N) is 2. The lowest BCUT2D eigenvalue weighted by Crippen LogP contribution is -2.28. The number of hydrogen-bond acceptors (Lipinski definition) is 4. The van der Waals surface area contributed by atoms with Gasteiger partial charge >= 0.3 is 0 Å². The lowest BCUT2D eigenvalue weighted by molar-refractivity contribution is 0.0938. The Balaban J connectivity index is 2.37. The number of nitriles is 1. The van der Waals surface area contributed by atoms with Crippen molar-refractivity contribution in [3.63, 3.8) is 0 Å². The van der Waals surface area contributed by atoms with Gasteiger partial charge in [-0.15, -0.1) is 0 Å². The first-order valence-electron chi connectivity index (χ1n) is 7.60. The highest BCUT2D eigenvalue weighted by molar-refractivity contribution is 5.97. The van der Waals surface area contributed by atoms with Gasteiger partial charge in [-0.2, -0.15) is 10.4 Å². The van der Waals surface area contributed by atoms with Gasteiger partial charge < -0.3 is 10.6 Å². The molecule has 124 valence electrons. The number of aromatic nitrogens is 2. The molecule has 0 aliphatic carbocycles. The number of amides is 2. The molecule has 1 aromatic carbocycles. The van der Waals surface area contributed by atoms with E-state index in [9.17, 15) is 9.59 Å². The van der Waals surface area contributed by atoms with Crippen LogP contribution < -0.4 is 10.6 Å². The van der Waals surface area contributed by atoms with E-state index in [-0.39, 0.29) is 42.2 Å². The first kappa shape index (κ1) is 17.2. The summed E-state index contributed by atoms with van der Waals surface area (Å²) < 4.78 is 1.53. The monoisotopic (exact) mass is 325 g/mol. The van der Waals surface area contributed by atoms with Gasteiger partial charge in [0.1, 0.15) is 5.69 Å². The molecule has 0 fully saturated rings. The molecule has 0 radical (unpaired) electrons. The van der Waals surface area contributed by atoms with Crippen molar-refractivity contribution >= 4 is 11.8 Å². The Morgan fingerprint density at radius 2 is 2.00 bits per heavy atom. The summed E-state index contributed by atoms with van der Waals surface area (Å²) in [6.07, 6.45) is 0.219. The Labute approximate surface area is 140 Å². The fourth-order valence-corrected chi connectivity index (χ4v) is 2.29. The third-order valence-corrected chi connectivity index (χ3v) is 3.60. The van der Waals surface area contributed by atoms with Crippen molar-refractivity contribution in [3.8, 4) is 6.07 Å². The number of hydrogen-bond donors (Lipinski definition) is 2. The van der Waals surface area contributed by atoms with Crippen LogP contribution in [0.4, 0.5) is 0 Å². The summed E-state index contributed by atoms with van der Waals surface area (Å²) in [4.78, 5) is 24.2. The molecule has 0 saturated heterocycles. The number of benzene rings is 1. The zero-order valence-electron chi connectivity index (χ0n) is 13.6. The maximum Gasteiger partial charge on any atom is 0.271 e. The van der Waals surface area contributed by atoms with Crippen LogP contribution in [-0.4, -0.2) is 35.2 Å². The quantitative estimate of drug-likeness (QED) is 0.786. The molecule has 1 atom stereocenters. The van der Waals surface area contributed by atoms with Gasteiger partial charge in [0.25, 0.3) is 11.8 Å². The van der Waals surface area contributed by atoms with Crippen molar-refractivity contribution in [1.82, 2.24) is 20.4 Å². The average Bonchev–Trinajstić information content (AvgIpc) is 3.06. The average molecular weight is 325 g/mol. The smallest absolute Gasteiger partial charge is 0.271 e. The zero-order valence-corrected chi connectivity index (χ0v) is 13.6. The van der Waals surface area contributed by atoms with Crippen LogP contribution in [-0.2, 0) is 0 Å². The summed E-state index contributed by atoms with van der Waals surface area (Å²) in [7, 11) is 1.51. The molecular weight excluding hydrogens is 306 g/mol. The first-order valence-corrected chi connectivity index (χ1v) is 7.60. The van der Waals surface area contributed by atoms with Gasteiger partial charge in [-0.1, -0.05) is 30.3 Å². The lowest BCUT2D eigenvalue weighted by Gasteiger charge is -2.15. The minimum atomic E-state index is -0.365. The number of carbonyl (C=O) groups is 2. The molecule has 24 heavy (non-hydrogen) atoms. The lowest BCUT2D eigenvalue weighted by atomic mass is 10.1. The van der Waals surface area contributed by atoms with Crippen LogP contribution in [0.5, 0.6) is 0 Å². The fourth-order valence-electron chi connectivity index (χ4n) is 2.29. The zero-order chi connectivity index (χ0) is 17.5. The standard InChI is InChI=1S/C17H19N5O2/c1-12(13-7-4-3-5-8-13)22-15(17(24)20-10-6-9-18)11-14(21-22)16(23)19-2/h3-5,7-8,11-12H,6,10H2,1-2H3,(H,19,23)(H,20,24). The molecule has 1 heterocycles. The fraction of sp³-hybridized carbons (Fsp3) is 0.294. The molecule has 2 N–H and O–H groups in total. The predicted molar refractivity (Wildman–Crippen MR) is 88.4 cm³/mol. The molecule has 0 spiro atoms. The summed E-state index contributed by atoms with van der Waals surface area (Å²) in [6, 6.07) is 12.8. The topological polar surface area (TPSA) is 99.8 Å². The van der Waals surface area contributed by atoms with Crippen molar-refractivity contribution in [3.05, 3.63) is 53.3 Å². The van der Waals surface area contributed by atoms with Gasteiger partial charge in [-0.05, 0) is 12.5 Å². The Bertz CT molecular complexity index is 761. The molecule has 1 aromatic heterocycles. The van der Waals surface area contributed by atoms with Gasteiger partial charge in [0.15, 0.2) is 5.69 Å². The molecule has 2 amide bonds. The van der Waals surface area contributed by atoms with Crippen LogP contribution in [0.2, 0.25) is 0 Å². The van der Waals surface area contributed by atoms with Crippen molar-refractivity contribution < 1.29 is 9.59 Å². The molecule has 2 aromatic rings. The van der Waals surface area contributed by atoms with Crippen LogP contribution in [0, 0.1) is 11.3 Å². The van der Waals surface area contributed by atoms with Gasteiger partial charge in [-0.3, -0.25) is 14.3 Å². The summed E-state index contributed by atoms with van der Waals surface area (Å²) in [5, 5.41) is 18.0. The largest absolute Gasteiger partial charge is 0.354 e. The highest BCUT2D eigenvalue weighted by Gasteiger charge is 2.22. The van der Waals surface area contributed by atoms with Gasteiger partial charge in [0.05, 0.1) is 18.5 Å². The summed E-state index contributed by atoms with van der Waals surface area (Å²) in [5.41, 5.74) is 1.42. The van der Waals surface area contributed by atoms with E-state index >= 15 is 0 Å². The van der Waals surface area contributed by atoms with Gasteiger partial charge in [0, 0.05) is 19.7 Å². The van der Waals surface area contributed by atoms with Gasteiger partial charge in [-0.25, -0.2) is 0 Å². The van der Waals surface area contributed by atoms with Crippen LogP contribution >= 0.6 is 0 Å². The molecule has 0 aliphatic heterocycles. The Kier molecular flexibility index (Phi) is 5.68. The van der Waals surface area contributed by atoms with E-state index in [4.69, 9.17) is 5.26 Å². The molecule has 0 aliphatic rings. The Hall–Kier alpha value is -3.14. The number of rotatable bonds is 6. The number of nitrogens with zero attached hydrogens (tertiary/aromatic N) is 3. The van der Waals surface area contributed by atoms with E-state index in [1.807, 2.05) is 43.3 Å². The van der Waals surface area contributed by atoms with E-state index in [1.54, 1.807) is 0 Å². The minimum absolute atomic E-state index is 0.172. The second-order valence-corrected chi connectivity index (χ2v) is 5.19. The van der Waals surface area contributed by atoms with Crippen molar-refractivity contribution in [2.45, 2.75) is 19.4 Å². The third-order valence-electron chi connectivity index (χ3n) is 3.60. The van der Waals surface area contributed by atoms with Crippen LogP contribution in [0.25, 0.3) is 0 Å². The van der Waals surface area contributed by atoms with E-state index in [0.717, 1.165) is 5.56 Å². The third kappa shape index (κ3) is 3.79. The molecular formula is C17H19N5O2. The van der Waals surface area contributed by atoms with Crippen molar-refractivity contribution in [1.29, 1.82) is 5.26 Å². The van der Waals surface area contributed by atoms with E-state index in [1.165, 1.54) is 17.8 Å². The highest BCUT2D eigenvalue weighted by Crippen LogP contribution is 2.20. The summed E-state index contributed by atoms with van der Waals surface area (Å²) in [5.74, 6) is -0.726. The molecule has 7 nitrogen and oxygen atoms in total. The van der Waals surface area contributed by atoms with Crippen LogP contribution in [0.15, 0.2) is 36.4 Å². The predicted octanol–water partition coefficient (Wildman–Crippen LogP) is 1.50. The second kappa shape index (κ2) is 7.92. The molecule has 7 heteroatoms. The summed E-state index contributed by atoms with van der Waals surface area (Å²) in [6.45, 7) is 2.15. The number of carbonyl (C=O) groups excluding carboxylic acids is 2.